The number of halogens is 1. The van der Waals surface area contributed by atoms with Crippen LogP contribution in [0.3, 0.4) is 0 Å². The van der Waals surface area contributed by atoms with Crippen molar-refractivity contribution >= 4 is 43.0 Å². The molecule has 0 aliphatic carbocycles. The van der Waals surface area contributed by atoms with Crippen LogP contribution in [0.1, 0.15) is 6.92 Å². The Labute approximate surface area is 115 Å². The van der Waals surface area contributed by atoms with Gasteiger partial charge in [0.2, 0.25) is 5.91 Å². The summed E-state index contributed by atoms with van der Waals surface area (Å²) < 4.78 is 23.5. The van der Waals surface area contributed by atoms with Crippen molar-refractivity contribution in [1.82, 2.24) is 0 Å². The molecule has 1 rings (SSSR count). The van der Waals surface area contributed by atoms with Crippen LogP contribution in [0.2, 0.25) is 0 Å². The normalized spacial score (nSPS) is 13.1. The quantitative estimate of drug-likeness (QED) is 0.848. The molecule has 0 bridgehead atoms. The van der Waals surface area contributed by atoms with E-state index < -0.39 is 21.0 Å². The number of rotatable bonds is 3. The zero-order chi connectivity index (χ0) is 14.1. The average Bonchev–Trinajstić information content (AvgIpc) is 2.25. The number of benzene rings is 1. The third-order valence-corrected chi connectivity index (χ3v) is 4.65. The lowest BCUT2D eigenvalue weighted by Gasteiger charge is -2.22. The van der Waals surface area contributed by atoms with Gasteiger partial charge in [-0.1, -0.05) is 15.9 Å². The van der Waals surface area contributed by atoms with E-state index >= 15 is 0 Å². The van der Waals surface area contributed by atoms with Crippen LogP contribution >= 0.6 is 15.9 Å². The molecule has 1 amide bonds. The van der Waals surface area contributed by atoms with Gasteiger partial charge in [0, 0.05) is 17.8 Å². The molecular formula is C11H15BrN2O3S. The van der Waals surface area contributed by atoms with E-state index in [1.165, 1.54) is 18.9 Å². The van der Waals surface area contributed by atoms with Crippen molar-refractivity contribution in [3.63, 3.8) is 0 Å². The zero-order valence-electron chi connectivity index (χ0n) is 10.3. The van der Waals surface area contributed by atoms with E-state index in [2.05, 4.69) is 15.9 Å². The standard InChI is InChI=1S/C11H15BrN2O3S/c1-7(18(3,16)17)11(15)14(2)10-5-4-8(12)6-9(10)13/h4-7H,13H2,1-3H3. The smallest absolute Gasteiger partial charge is 0.244 e. The fourth-order valence-corrected chi connectivity index (χ4v) is 2.31. The SMILES string of the molecule is CC(C(=O)N(C)c1ccc(Br)cc1N)S(C)(=O)=O. The van der Waals surface area contributed by atoms with Crippen molar-refractivity contribution in [2.75, 3.05) is 23.9 Å². The second-order valence-corrected chi connectivity index (χ2v) is 7.35. The van der Waals surface area contributed by atoms with Gasteiger partial charge in [-0.15, -0.1) is 0 Å². The third-order valence-electron chi connectivity index (χ3n) is 2.67. The van der Waals surface area contributed by atoms with Gasteiger partial charge in [-0.2, -0.15) is 0 Å². The summed E-state index contributed by atoms with van der Waals surface area (Å²) >= 11 is 3.26. The second kappa shape index (κ2) is 5.27. The summed E-state index contributed by atoms with van der Waals surface area (Å²) in [5.41, 5.74) is 6.68. The first kappa shape index (κ1) is 15.0. The lowest BCUT2D eigenvalue weighted by atomic mass is 10.2. The molecule has 0 aliphatic heterocycles. The van der Waals surface area contributed by atoms with E-state index in [-0.39, 0.29) is 0 Å². The van der Waals surface area contributed by atoms with Crippen molar-refractivity contribution < 1.29 is 13.2 Å². The number of carbonyl (C=O) groups excluding carboxylic acids is 1. The monoisotopic (exact) mass is 334 g/mol. The summed E-state index contributed by atoms with van der Waals surface area (Å²) in [5, 5.41) is -1.09. The Kier molecular flexibility index (Phi) is 4.39. The van der Waals surface area contributed by atoms with Gasteiger partial charge >= 0.3 is 0 Å². The number of nitrogens with zero attached hydrogens (tertiary/aromatic N) is 1. The largest absolute Gasteiger partial charge is 0.397 e. The topological polar surface area (TPSA) is 80.5 Å². The van der Waals surface area contributed by atoms with E-state index in [0.717, 1.165) is 10.7 Å². The summed E-state index contributed by atoms with van der Waals surface area (Å²) in [7, 11) is -1.91. The number of nitrogen functional groups attached to an aromatic ring is 1. The van der Waals surface area contributed by atoms with Crippen molar-refractivity contribution in [3.8, 4) is 0 Å². The molecule has 5 nitrogen and oxygen atoms in total. The van der Waals surface area contributed by atoms with Gasteiger partial charge in [-0.3, -0.25) is 4.79 Å². The molecule has 0 heterocycles. The van der Waals surface area contributed by atoms with E-state index in [1.807, 2.05) is 0 Å². The highest BCUT2D eigenvalue weighted by atomic mass is 79.9. The molecule has 1 unspecified atom stereocenters. The minimum absolute atomic E-state index is 0.404. The molecule has 0 aromatic heterocycles. The van der Waals surface area contributed by atoms with Gasteiger partial charge in [-0.25, -0.2) is 8.42 Å². The fourth-order valence-electron chi connectivity index (χ4n) is 1.41. The molecule has 100 valence electrons. The zero-order valence-corrected chi connectivity index (χ0v) is 12.7. The van der Waals surface area contributed by atoms with Crippen LogP contribution < -0.4 is 10.6 Å². The number of sulfone groups is 1. The predicted molar refractivity (Wildman–Crippen MR) is 76.3 cm³/mol. The second-order valence-electron chi connectivity index (χ2n) is 4.07. The Hall–Kier alpha value is -1.08. The summed E-state index contributed by atoms with van der Waals surface area (Å²) in [5.74, 6) is -0.508. The molecule has 0 radical (unpaired) electrons. The van der Waals surface area contributed by atoms with Crippen LogP contribution in [0.4, 0.5) is 11.4 Å². The number of carbonyl (C=O) groups is 1. The van der Waals surface area contributed by atoms with Crippen molar-refractivity contribution in [1.29, 1.82) is 0 Å². The molecule has 18 heavy (non-hydrogen) atoms. The molecule has 1 aromatic rings. The fraction of sp³-hybridized carbons (Fsp3) is 0.364. The highest BCUT2D eigenvalue weighted by Crippen LogP contribution is 2.26. The molecule has 0 fully saturated rings. The average molecular weight is 335 g/mol. The summed E-state index contributed by atoms with van der Waals surface area (Å²) in [6.45, 7) is 1.36. The van der Waals surface area contributed by atoms with Gasteiger partial charge in [0.25, 0.3) is 0 Å². The molecule has 7 heteroatoms. The molecule has 0 saturated carbocycles. The van der Waals surface area contributed by atoms with Crippen LogP contribution in [0.15, 0.2) is 22.7 Å². The van der Waals surface area contributed by atoms with Gasteiger partial charge in [0.1, 0.15) is 5.25 Å². The van der Waals surface area contributed by atoms with Crippen LogP contribution in [0.5, 0.6) is 0 Å². The van der Waals surface area contributed by atoms with Crippen molar-refractivity contribution in [3.05, 3.63) is 22.7 Å². The first-order chi connectivity index (χ1) is 8.14. The van der Waals surface area contributed by atoms with E-state index in [0.29, 0.717) is 11.4 Å². The maximum absolute atomic E-state index is 12.0. The lowest BCUT2D eigenvalue weighted by Crippen LogP contribution is -2.39. The number of hydrogen-bond donors (Lipinski definition) is 1. The number of hydrogen-bond acceptors (Lipinski definition) is 4. The van der Waals surface area contributed by atoms with Crippen LogP contribution in [0.25, 0.3) is 0 Å². The third kappa shape index (κ3) is 3.23. The molecule has 2 N–H and O–H groups in total. The van der Waals surface area contributed by atoms with Crippen molar-refractivity contribution in [2.24, 2.45) is 0 Å². The van der Waals surface area contributed by atoms with Crippen LogP contribution in [-0.2, 0) is 14.6 Å². The first-order valence-electron chi connectivity index (χ1n) is 5.16. The molecular weight excluding hydrogens is 320 g/mol. The molecule has 1 atom stereocenters. The number of nitrogens with two attached hydrogens (primary N) is 1. The van der Waals surface area contributed by atoms with Gasteiger partial charge in [0.05, 0.1) is 11.4 Å². The van der Waals surface area contributed by atoms with E-state index in [9.17, 15) is 13.2 Å². The minimum atomic E-state index is -3.42. The Bertz CT molecular complexity index is 572. The Morgan fingerprint density at radius 3 is 2.44 bits per heavy atom. The van der Waals surface area contributed by atoms with E-state index in [4.69, 9.17) is 5.73 Å². The maximum Gasteiger partial charge on any atom is 0.244 e. The lowest BCUT2D eigenvalue weighted by molar-refractivity contribution is -0.117. The number of amides is 1. The summed E-state index contributed by atoms with van der Waals surface area (Å²) in [4.78, 5) is 13.3. The Balaban J connectivity index is 3.08. The number of anilines is 2. The predicted octanol–water partition coefficient (Wildman–Crippen LogP) is 1.43. The highest BCUT2D eigenvalue weighted by Gasteiger charge is 2.27. The van der Waals surface area contributed by atoms with Gasteiger partial charge < -0.3 is 10.6 Å². The Morgan fingerprint density at radius 1 is 1.44 bits per heavy atom. The molecule has 0 aliphatic rings. The van der Waals surface area contributed by atoms with Gasteiger partial charge in [0.15, 0.2) is 9.84 Å². The summed E-state index contributed by atoms with van der Waals surface area (Å²) in [6, 6.07) is 5.05. The minimum Gasteiger partial charge on any atom is -0.397 e. The van der Waals surface area contributed by atoms with E-state index in [1.54, 1.807) is 18.2 Å². The Morgan fingerprint density at radius 2 is 2.00 bits per heavy atom. The first-order valence-corrected chi connectivity index (χ1v) is 7.91. The molecule has 0 spiro atoms. The van der Waals surface area contributed by atoms with Crippen LogP contribution in [-0.4, -0.2) is 32.9 Å². The molecule has 1 aromatic carbocycles. The highest BCUT2D eigenvalue weighted by molar-refractivity contribution is 9.10. The summed E-state index contributed by atoms with van der Waals surface area (Å²) in [6.07, 6.45) is 1.04. The molecule has 0 saturated heterocycles. The van der Waals surface area contributed by atoms with Crippen molar-refractivity contribution in [2.45, 2.75) is 12.2 Å². The van der Waals surface area contributed by atoms with Crippen LogP contribution in [0, 0.1) is 0 Å². The van der Waals surface area contributed by atoms with Gasteiger partial charge in [-0.05, 0) is 25.1 Å². The maximum atomic E-state index is 12.0.